The van der Waals surface area contributed by atoms with Crippen LogP contribution in [-0.2, 0) is 12.8 Å². The molecule has 0 saturated heterocycles. The van der Waals surface area contributed by atoms with E-state index in [-0.39, 0.29) is 5.91 Å². The summed E-state index contributed by atoms with van der Waals surface area (Å²) >= 11 is 3.65. The van der Waals surface area contributed by atoms with Gasteiger partial charge in [0.2, 0.25) is 0 Å². The molecule has 6 heteroatoms. The van der Waals surface area contributed by atoms with Gasteiger partial charge in [0.25, 0.3) is 5.91 Å². The third kappa shape index (κ3) is 3.20. The van der Waals surface area contributed by atoms with E-state index in [0.29, 0.717) is 16.5 Å². The van der Waals surface area contributed by atoms with E-state index in [9.17, 15) is 4.79 Å². The van der Waals surface area contributed by atoms with Crippen molar-refractivity contribution in [2.45, 2.75) is 33.1 Å². The number of hydrogen-bond donors (Lipinski definition) is 2. The first-order valence-electron chi connectivity index (χ1n) is 8.70. The monoisotopic (exact) mass is 477 g/mol. The molecule has 134 valence electrons. The summed E-state index contributed by atoms with van der Waals surface area (Å²) in [6.07, 6.45) is 3.22. The van der Waals surface area contributed by atoms with Crippen molar-refractivity contribution in [2.24, 2.45) is 5.92 Å². The van der Waals surface area contributed by atoms with Gasteiger partial charge in [-0.3, -0.25) is 4.79 Å². The van der Waals surface area contributed by atoms with Crippen molar-refractivity contribution >= 4 is 61.4 Å². The molecule has 0 radical (unpaired) electrons. The van der Waals surface area contributed by atoms with Gasteiger partial charge in [-0.2, -0.15) is 0 Å². The standard InChI is InChI=1S/C20H20IN3OS/c1-10-3-5-16-12(7-10)9-14-17(22)18(26-20(14)24-16)19(25)23-15-6-4-13(21)8-11(15)2/h4,6,8-10H,3,5,7,22H2,1-2H3,(H,23,25). The second-order valence-electron chi connectivity index (χ2n) is 7.05. The molecule has 0 spiro atoms. The molecule has 1 amide bonds. The van der Waals surface area contributed by atoms with Crippen molar-refractivity contribution < 1.29 is 4.79 Å². The Morgan fingerprint density at radius 2 is 2.19 bits per heavy atom. The molecule has 2 aromatic heterocycles. The van der Waals surface area contributed by atoms with Crippen LogP contribution >= 0.6 is 33.9 Å². The number of rotatable bonds is 2. The lowest BCUT2D eigenvalue weighted by Gasteiger charge is -2.20. The molecule has 1 unspecified atom stereocenters. The Bertz CT molecular complexity index is 1030. The SMILES string of the molecule is Cc1cc(I)ccc1NC(=O)c1sc2nc3c(cc2c1N)CC(C)CC3. The highest BCUT2D eigenvalue weighted by Crippen LogP contribution is 2.36. The number of thiophene rings is 1. The fourth-order valence-corrected chi connectivity index (χ4v) is 5.13. The molecule has 1 aromatic carbocycles. The number of aromatic nitrogens is 1. The molecule has 4 nitrogen and oxygen atoms in total. The van der Waals surface area contributed by atoms with Crippen LogP contribution in [0, 0.1) is 16.4 Å². The normalized spacial score (nSPS) is 16.5. The lowest BCUT2D eigenvalue weighted by atomic mass is 9.87. The number of nitrogen functional groups attached to an aromatic ring is 1. The first kappa shape index (κ1) is 17.7. The predicted molar refractivity (Wildman–Crippen MR) is 117 cm³/mol. The van der Waals surface area contributed by atoms with Gasteiger partial charge in [0, 0.05) is 20.3 Å². The average molecular weight is 477 g/mol. The van der Waals surface area contributed by atoms with Crippen molar-refractivity contribution in [3.05, 3.63) is 49.5 Å². The minimum Gasteiger partial charge on any atom is -0.397 e. The number of aryl methyl sites for hydroxylation is 2. The number of carbonyl (C=O) groups excluding carboxylic acids is 1. The lowest BCUT2D eigenvalue weighted by Crippen LogP contribution is -2.13. The number of amides is 1. The fourth-order valence-electron chi connectivity index (χ4n) is 3.49. The molecule has 3 N–H and O–H groups in total. The van der Waals surface area contributed by atoms with Crippen molar-refractivity contribution in [3.8, 4) is 0 Å². The summed E-state index contributed by atoms with van der Waals surface area (Å²) in [7, 11) is 0. The largest absolute Gasteiger partial charge is 0.397 e. The summed E-state index contributed by atoms with van der Waals surface area (Å²) in [6.45, 7) is 4.26. The van der Waals surface area contributed by atoms with Gasteiger partial charge in [-0.15, -0.1) is 11.3 Å². The van der Waals surface area contributed by atoms with E-state index < -0.39 is 0 Å². The van der Waals surface area contributed by atoms with Gasteiger partial charge in [-0.25, -0.2) is 4.98 Å². The van der Waals surface area contributed by atoms with E-state index in [1.165, 1.54) is 23.3 Å². The van der Waals surface area contributed by atoms with Crippen LogP contribution in [0.15, 0.2) is 24.3 Å². The molecule has 1 aliphatic rings. The van der Waals surface area contributed by atoms with E-state index >= 15 is 0 Å². The molecule has 0 fully saturated rings. The number of anilines is 2. The fraction of sp³-hybridized carbons (Fsp3) is 0.300. The molecular weight excluding hydrogens is 457 g/mol. The van der Waals surface area contributed by atoms with Crippen molar-refractivity contribution in [2.75, 3.05) is 11.1 Å². The van der Waals surface area contributed by atoms with Crippen LogP contribution in [0.3, 0.4) is 0 Å². The average Bonchev–Trinajstić information content (AvgIpc) is 2.92. The highest BCUT2D eigenvalue weighted by Gasteiger charge is 2.22. The van der Waals surface area contributed by atoms with E-state index in [1.54, 1.807) is 0 Å². The Morgan fingerprint density at radius 1 is 1.38 bits per heavy atom. The summed E-state index contributed by atoms with van der Waals surface area (Å²) in [4.78, 5) is 19.0. The number of nitrogens with one attached hydrogen (secondary N) is 1. The second kappa shape index (κ2) is 6.81. The summed E-state index contributed by atoms with van der Waals surface area (Å²) in [5.41, 5.74) is 11.2. The highest BCUT2D eigenvalue weighted by atomic mass is 127. The Labute approximate surface area is 170 Å². The number of hydrogen-bond acceptors (Lipinski definition) is 4. The number of nitrogens with two attached hydrogens (primary N) is 1. The Balaban J connectivity index is 1.70. The minimum atomic E-state index is -0.166. The van der Waals surface area contributed by atoms with E-state index in [4.69, 9.17) is 10.7 Å². The van der Waals surface area contributed by atoms with Crippen LogP contribution in [0.1, 0.15) is 39.8 Å². The van der Waals surface area contributed by atoms with E-state index in [2.05, 4.69) is 40.9 Å². The van der Waals surface area contributed by atoms with Gasteiger partial charge in [0.15, 0.2) is 0 Å². The predicted octanol–water partition coefficient (Wildman–Crippen LogP) is 5.17. The van der Waals surface area contributed by atoms with Gasteiger partial charge < -0.3 is 11.1 Å². The van der Waals surface area contributed by atoms with Crippen LogP contribution in [0.4, 0.5) is 11.4 Å². The van der Waals surface area contributed by atoms with Crippen molar-refractivity contribution in [1.29, 1.82) is 0 Å². The van der Waals surface area contributed by atoms with Crippen LogP contribution in [-0.4, -0.2) is 10.9 Å². The van der Waals surface area contributed by atoms with Crippen LogP contribution in [0.25, 0.3) is 10.2 Å². The third-order valence-electron chi connectivity index (χ3n) is 4.97. The topological polar surface area (TPSA) is 68.0 Å². The number of pyridine rings is 1. The van der Waals surface area contributed by atoms with E-state index in [1.807, 2.05) is 25.1 Å². The quantitative estimate of drug-likeness (QED) is 0.501. The minimum absolute atomic E-state index is 0.166. The molecule has 0 bridgehead atoms. The third-order valence-corrected chi connectivity index (χ3v) is 6.76. The Hall–Kier alpha value is -1.67. The maximum Gasteiger partial charge on any atom is 0.267 e. The molecule has 0 aliphatic heterocycles. The zero-order valence-corrected chi connectivity index (χ0v) is 17.7. The molecule has 0 saturated carbocycles. The van der Waals surface area contributed by atoms with Crippen LogP contribution < -0.4 is 11.1 Å². The summed E-state index contributed by atoms with van der Waals surface area (Å²) in [5, 5.41) is 3.90. The highest BCUT2D eigenvalue weighted by molar-refractivity contribution is 14.1. The van der Waals surface area contributed by atoms with Crippen LogP contribution in [0.5, 0.6) is 0 Å². The number of fused-ring (bicyclic) bond motifs is 2. The van der Waals surface area contributed by atoms with Crippen molar-refractivity contribution in [3.63, 3.8) is 0 Å². The molecule has 1 atom stereocenters. The van der Waals surface area contributed by atoms with Gasteiger partial charge in [0.1, 0.15) is 9.71 Å². The second-order valence-corrected chi connectivity index (χ2v) is 9.30. The molecular formula is C20H20IN3OS. The van der Waals surface area contributed by atoms with Gasteiger partial charge in [-0.1, -0.05) is 6.92 Å². The summed E-state index contributed by atoms with van der Waals surface area (Å²) in [6, 6.07) is 8.10. The number of halogens is 1. The smallest absolute Gasteiger partial charge is 0.267 e. The van der Waals surface area contributed by atoms with Gasteiger partial charge in [0.05, 0.1) is 5.69 Å². The number of carbonyl (C=O) groups is 1. The molecule has 1 aliphatic carbocycles. The first-order chi connectivity index (χ1) is 12.4. The maximum absolute atomic E-state index is 12.8. The lowest BCUT2D eigenvalue weighted by molar-refractivity contribution is 0.103. The van der Waals surface area contributed by atoms with Gasteiger partial charge in [-0.05, 0) is 90.1 Å². The zero-order valence-electron chi connectivity index (χ0n) is 14.7. The van der Waals surface area contributed by atoms with Crippen molar-refractivity contribution in [1.82, 2.24) is 4.98 Å². The summed E-state index contributed by atoms with van der Waals surface area (Å²) in [5.74, 6) is 0.509. The first-order valence-corrected chi connectivity index (χ1v) is 10.6. The molecule has 26 heavy (non-hydrogen) atoms. The number of benzene rings is 1. The summed E-state index contributed by atoms with van der Waals surface area (Å²) < 4.78 is 1.14. The maximum atomic E-state index is 12.8. The van der Waals surface area contributed by atoms with Gasteiger partial charge >= 0.3 is 0 Å². The Morgan fingerprint density at radius 3 is 2.96 bits per heavy atom. The molecule has 4 rings (SSSR count). The van der Waals surface area contributed by atoms with Crippen LogP contribution in [0.2, 0.25) is 0 Å². The molecule has 2 heterocycles. The Kier molecular flexibility index (Phi) is 4.64. The zero-order chi connectivity index (χ0) is 18.4. The molecule has 3 aromatic rings. The number of nitrogens with zero attached hydrogens (tertiary/aromatic N) is 1. The van der Waals surface area contributed by atoms with E-state index in [0.717, 1.165) is 43.6 Å².